The van der Waals surface area contributed by atoms with Crippen LogP contribution in [0.4, 0.5) is 0 Å². The minimum atomic E-state index is 0.120. The summed E-state index contributed by atoms with van der Waals surface area (Å²) in [7, 11) is 0. The van der Waals surface area contributed by atoms with Crippen LogP contribution in [0.1, 0.15) is 37.4 Å². The molecule has 2 atom stereocenters. The second-order valence-corrected chi connectivity index (χ2v) is 7.08. The van der Waals surface area contributed by atoms with Crippen LogP contribution in [-0.2, 0) is 16.1 Å². The molecule has 0 bridgehead atoms. The number of amides is 1. The largest absolute Gasteiger partial charge is 0.381 e. The van der Waals surface area contributed by atoms with Crippen LogP contribution in [0.15, 0.2) is 18.3 Å². The topological polar surface area (TPSA) is 54.5 Å². The van der Waals surface area contributed by atoms with Gasteiger partial charge in [-0.15, -0.1) is 0 Å². The number of pyridine rings is 1. The van der Waals surface area contributed by atoms with Crippen molar-refractivity contribution in [1.29, 1.82) is 0 Å². The Hall–Kier alpha value is -1.46. The molecule has 1 saturated carbocycles. The molecule has 0 unspecified atom stereocenters. The number of aryl methyl sites for hydroxylation is 1. The molecule has 5 nitrogen and oxygen atoms in total. The standard InChI is InChI=1S/C19H29N3O2/c1-3-24-10-8-19(23)21-18-13-22(11-16(18)15-6-7-15)12-17-14(2)5-4-9-20-17/h4-5,9,15-16,18H,3,6-8,10-13H2,1-2H3,(H,21,23)/t16-,18+/m0/s1. The van der Waals surface area contributed by atoms with Crippen LogP contribution in [0, 0.1) is 18.8 Å². The van der Waals surface area contributed by atoms with Gasteiger partial charge in [0, 0.05) is 44.9 Å². The van der Waals surface area contributed by atoms with Crippen molar-refractivity contribution in [3.05, 3.63) is 29.6 Å². The van der Waals surface area contributed by atoms with Gasteiger partial charge in [-0.3, -0.25) is 14.7 Å². The van der Waals surface area contributed by atoms with Crippen molar-refractivity contribution < 1.29 is 9.53 Å². The lowest BCUT2D eigenvalue weighted by Crippen LogP contribution is -2.41. The van der Waals surface area contributed by atoms with E-state index in [1.54, 1.807) is 0 Å². The first-order valence-electron chi connectivity index (χ1n) is 9.17. The molecular weight excluding hydrogens is 302 g/mol. The van der Waals surface area contributed by atoms with Gasteiger partial charge in [-0.2, -0.15) is 0 Å². The number of carbonyl (C=O) groups excluding carboxylic acids is 1. The number of rotatable bonds is 8. The van der Waals surface area contributed by atoms with E-state index in [9.17, 15) is 4.79 Å². The lowest BCUT2D eigenvalue weighted by atomic mass is 9.98. The zero-order valence-corrected chi connectivity index (χ0v) is 14.8. The van der Waals surface area contributed by atoms with E-state index >= 15 is 0 Å². The fourth-order valence-electron chi connectivity index (χ4n) is 3.68. The van der Waals surface area contributed by atoms with Crippen LogP contribution in [0.25, 0.3) is 0 Å². The Balaban J connectivity index is 1.56. The second-order valence-electron chi connectivity index (χ2n) is 7.08. The van der Waals surface area contributed by atoms with Crippen molar-refractivity contribution in [1.82, 2.24) is 15.2 Å². The predicted molar refractivity (Wildman–Crippen MR) is 93.5 cm³/mol. The smallest absolute Gasteiger partial charge is 0.222 e. The van der Waals surface area contributed by atoms with Crippen molar-refractivity contribution in [3.8, 4) is 0 Å². The summed E-state index contributed by atoms with van der Waals surface area (Å²) in [6, 6.07) is 4.37. The molecule has 2 heterocycles. The predicted octanol–water partition coefficient (Wildman–Crippen LogP) is 2.14. The van der Waals surface area contributed by atoms with Crippen LogP contribution in [0.2, 0.25) is 0 Å². The molecule has 1 amide bonds. The second kappa shape index (κ2) is 8.08. The highest BCUT2D eigenvalue weighted by atomic mass is 16.5. The highest BCUT2D eigenvalue weighted by Gasteiger charge is 2.42. The van der Waals surface area contributed by atoms with Crippen LogP contribution in [0.3, 0.4) is 0 Å². The number of aromatic nitrogens is 1. The molecule has 0 aromatic carbocycles. The maximum atomic E-state index is 12.2. The summed E-state index contributed by atoms with van der Waals surface area (Å²) in [4.78, 5) is 19.1. The van der Waals surface area contributed by atoms with Crippen LogP contribution in [0.5, 0.6) is 0 Å². The number of ether oxygens (including phenoxy) is 1. The molecule has 1 saturated heterocycles. The molecule has 3 rings (SSSR count). The molecule has 132 valence electrons. The maximum absolute atomic E-state index is 12.2. The normalized spacial score (nSPS) is 24.2. The van der Waals surface area contributed by atoms with Gasteiger partial charge in [-0.05, 0) is 50.2 Å². The molecule has 5 heteroatoms. The van der Waals surface area contributed by atoms with E-state index in [0.717, 1.165) is 31.2 Å². The van der Waals surface area contributed by atoms with E-state index in [4.69, 9.17) is 4.74 Å². The van der Waals surface area contributed by atoms with Gasteiger partial charge in [0.2, 0.25) is 5.91 Å². The first kappa shape index (κ1) is 17.4. The fraction of sp³-hybridized carbons (Fsp3) is 0.684. The van der Waals surface area contributed by atoms with Gasteiger partial charge in [0.05, 0.1) is 12.3 Å². The Morgan fingerprint density at radius 3 is 2.96 bits per heavy atom. The summed E-state index contributed by atoms with van der Waals surface area (Å²) < 4.78 is 5.29. The molecular formula is C19H29N3O2. The lowest BCUT2D eigenvalue weighted by molar-refractivity contribution is -0.123. The molecule has 1 aliphatic heterocycles. The van der Waals surface area contributed by atoms with Gasteiger partial charge in [-0.1, -0.05) is 6.07 Å². The van der Waals surface area contributed by atoms with Crippen molar-refractivity contribution in [2.75, 3.05) is 26.3 Å². The summed E-state index contributed by atoms with van der Waals surface area (Å²) in [5.41, 5.74) is 2.39. The summed E-state index contributed by atoms with van der Waals surface area (Å²) in [5, 5.41) is 3.26. The number of hydrogen-bond acceptors (Lipinski definition) is 4. The van der Waals surface area contributed by atoms with E-state index in [1.807, 2.05) is 19.2 Å². The summed E-state index contributed by atoms with van der Waals surface area (Å²) in [6.07, 6.45) is 4.95. The van der Waals surface area contributed by atoms with E-state index in [1.165, 1.54) is 18.4 Å². The van der Waals surface area contributed by atoms with Crippen molar-refractivity contribution in [3.63, 3.8) is 0 Å². The van der Waals surface area contributed by atoms with Crippen LogP contribution >= 0.6 is 0 Å². The van der Waals surface area contributed by atoms with E-state index in [-0.39, 0.29) is 11.9 Å². The number of carbonyl (C=O) groups is 1. The van der Waals surface area contributed by atoms with Gasteiger partial charge < -0.3 is 10.1 Å². The molecule has 1 aromatic heterocycles. The zero-order chi connectivity index (χ0) is 16.9. The average molecular weight is 331 g/mol. The molecule has 0 spiro atoms. The Bertz CT molecular complexity index is 559. The van der Waals surface area contributed by atoms with Gasteiger partial charge in [0.25, 0.3) is 0 Å². The van der Waals surface area contributed by atoms with E-state index in [0.29, 0.717) is 25.6 Å². The highest BCUT2D eigenvalue weighted by molar-refractivity contribution is 5.76. The Morgan fingerprint density at radius 2 is 2.25 bits per heavy atom. The van der Waals surface area contributed by atoms with Crippen LogP contribution < -0.4 is 5.32 Å². The highest BCUT2D eigenvalue weighted by Crippen LogP contribution is 2.41. The molecule has 1 N–H and O–H groups in total. The lowest BCUT2D eigenvalue weighted by Gasteiger charge is -2.19. The zero-order valence-electron chi connectivity index (χ0n) is 14.8. The molecule has 1 aromatic rings. The van der Waals surface area contributed by atoms with Crippen molar-refractivity contribution >= 4 is 5.91 Å². The third-order valence-electron chi connectivity index (χ3n) is 5.18. The van der Waals surface area contributed by atoms with Gasteiger partial charge in [0.15, 0.2) is 0 Å². The molecule has 2 aliphatic rings. The summed E-state index contributed by atoms with van der Waals surface area (Å²) in [5.74, 6) is 1.50. The Morgan fingerprint density at radius 1 is 1.42 bits per heavy atom. The minimum absolute atomic E-state index is 0.120. The fourth-order valence-corrected chi connectivity index (χ4v) is 3.68. The number of nitrogens with one attached hydrogen (secondary N) is 1. The summed E-state index contributed by atoms with van der Waals surface area (Å²) in [6.45, 7) is 8.12. The number of nitrogens with zero attached hydrogens (tertiary/aromatic N) is 2. The molecule has 2 fully saturated rings. The van der Waals surface area contributed by atoms with Crippen molar-refractivity contribution in [2.45, 2.75) is 45.7 Å². The quantitative estimate of drug-likeness (QED) is 0.742. The monoisotopic (exact) mass is 331 g/mol. The van der Waals surface area contributed by atoms with Crippen LogP contribution in [-0.4, -0.2) is 48.1 Å². The number of likely N-dealkylation sites (tertiary alicyclic amines) is 1. The van der Waals surface area contributed by atoms with Crippen molar-refractivity contribution in [2.24, 2.45) is 11.8 Å². The molecule has 0 radical (unpaired) electrons. The van der Waals surface area contributed by atoms with E-state index in [2.05, 4.69) is 28.2 Å². The molecule has 24 heavy (non-hydrogen) atoms. The SMILES string of the molecule is CCOCCC(=O)N[C@@H]1CN(Cc2ncccc2C)C[C@H]1C1CC1. The van der Waals surface area contributed by atoms with Gasteiger partial charge >= 0.3 is 0 Å². The summed E-state index contributed by atoms with van der Waals surface area (Å²) >= 11 is 0. The first-order chi connectivity index (χ1) is 11.7. The first-order valence-corrected chi connectivity index (χ1v) is 9.17. The van der Waals surface area contributed by atoms with Gasteiger partial charge in [0.1, 0.15) is 0 Å². The third-order valence-corrected chi connectivity index (χ3v) is 5.18. The average Bonchev–Trinajstić information content (AvgIpc) is 3.33. The third kappa shape index (κ3) is 4.54. The number of hydrogen-bond donors (Lipinski definition) is 1. The molecule has 1 aliphatic carbocycles. The maximum Gasteiger partial charge on any atom is 0.222 e. The Labute approximate surface area is 144 Å². The minimum Gasteiger partial charge on any atom is -0.381 e. The Kier molecular flexibility index (Phi) is 5.85. The van der Waals surface area contributed by atoms with E-state index < -0.39 is 0 Å². The van der Waals surface area contributed by atoms with Gasteiger partial charge in [-0.25, -0.2) is 0 Å².